The van der Waals surface area contributed by atoms with Gasteiger partial charge in [-0.05, 0) is 18.1 Å². The molecule has 0 saturated carbocycles. The predicted molar refractivity (Wildman–Crippen MR) is 69.5 cm³/mol. The molecule has 1 fully saturated rings. The van der Waals surface area contributed by atoms with E-state index in [4.69, 9.17) is 10.5 Å². The molecule has 0 amide bonds. The Morgan fingerprint density at radius 2 is 2.06 bits per heavy atom. The van der Waals surface area contributed by atoms with Gasteiger partial charge in [0.2, 0.25) is 0 Å². The molecular formula is C13H19N3O. The van der Waals surface area contributed by atoms with Crippen LogP contribution in [-0.4, -0.2) is 37.2 Å². The number of ether oxygens (including phenoxy) is 1. The van der Waals surface area contributed by atoms with Crippen molar-refractivity contribution in [3.8, 4) is 0 Å². The third-order valence-corrected chi connectivity index (χ3v) is 2.94. The van der Waals surface area contributed by atoms with Crippen LogP contribution in [0.25, 0.3) is 0 Å². The molecular weight excluding hydrogens is 214 g/mol. The summed E-state index contributed by atoms with van der Waals surface area (Å²) >= 11 is 0. The standard InChI is InChI=1S/C13H19N3O/c1-2-11-5-3-4-6-12(11)15-13(14)16-7-9-17-10-8-16/h3-6H,2,7-10H2,1H3,(H2,14,15). The summed E-state index contributed by atoms with van der Waals surface area (Å²) in [6.07, 6.45) is 0.968. The summed E-state index contributed by atoms with van der Waals surface area (Å²) in [6.45, 7) is 5.23. The third-order valence-electron chi connectivity index (χ3n) is 2.94. The lowest BCUT2D eigenvalue weighted by molar-refractivity contribution is 0.0675. The van der Waals surface area contributed by atoms with Gasteiger partial charge < -0.3 is 15.4 Å². The van der Waals surface area contributed by atoms with E-state index in [1.54, 1.807) is 0 Å². The fourth-order valence-corrected chi connectivity index (χ4v) is 1.91. The second-order valence-electron chi connectivity index (χ2n) is 4.05. The number of rotatable bonds is 2. The lowest BCUT2D eigenvalue weighted by atomic mass is 10.1. The van der Waals surface area contributed by atoms with Gasteiger partial charge in [0.15, 0.2) is 5.96 Å². The molecule has 4 heteroatoms. The van der Waals surface area contributed by atoms with Gasteiger partial charge in [-0.1, -0.05) is 25.1 Å². The largest absolute Gasteiger partial charge is 0.378 e. The lowest BCUT2D eigenvalue weighted by Gasteiger charge is -2.27. The highest BCUT2D eigenvalue weighted by atomic mass is 16.5. The number of benzene rings is 1. The third kappa shape index (κ3) is 2.97. The van der Waals surface area contributed by atoms with Crippen molar-refractivity contribution in [1.82, 2.24) is 4.90 Å². The number of aryl methyl sites for hydroxylation is 1. The number of para-hydroxylation sites is 1. The van der Waals surface area contributed by atoms with Gasteiger partial charge in [-0.15, -0.1) is 0 Å². The van der Waals surface area contributed by atoms with E-state index in [1.807, 2.05) is 18.2 Å². The van der Waals surface area contributed by atoms with Gasteiger partial charge in [0.05, 0.1) is 18.9 Å². The summed E-state index contributed by atoms with van der Waals surface area (Å²) in [7, 11) is 0. The van der Waals surface area contributed by atoms with Crippen molar-refractivity contribution < 1.29 is 4.74 Å². The van der Waals surface area contributed by atoms with E-state index >= 15 is 0 Å². The molecule has 0 atom stereocenters. The van der Waals surface area contributed by atoms with Crippen molar-refractivity contribution >= 4 is 11.6 Å². The first-order valence-electron chi connectivity index (χ1n) is 6.06. The maximum Gasteiger partial charge on any atom is 0.196 e. The molecule has 4 nitrogen and oxygen atoms in total. The Kier molecular flexibility index (Phi) is 3.98. The fraction of sp³-hybridized carbons (Fsp3) is 0.462. The van der Waals surface area contributed by atoms with Crippen LogP contribution < -0.4 is 5.73 Å². The Morgan fingerprint density at radius 3 is 2.76 bits per heavy atom. The fourth-order valence-electron chi connectivity index (χ4n) is 1.91. The first-order chi connectivity index (χ1) is 8.31. The molecule has 1 aliphatic heterocycles. The van der Waals surface area contributed by atoms with E-state index in [0.717, 1.165) is 38.4 Å². The zero-order valence-electron chi connectivity index (χ0n) is 10.2. The smallest absolute Gasteiger partial charge is 0.196 e. The van der Waals surface area contributed by atoms with Crippen molar-refractivity contribution in [1.29, 1.82) is 0 Å². The number of hydrogen-bond donors (Lipinski definition) is 1. The van der Waals surface area contributed by atoms with E-state index in [9.17, 15) is 0 Å². The second kappa shape index (κ2) is 5.68. The van der Waals surface area contributed by atoms with Gasteiger partial charge in [-0.25, -0.2) is 4.99 Å². The number of guanidine groups is 1. The molecule has 0 aliphatic carbocycles. The van der Waals surface area contributed by atoms with Crippen LogP contribution in [0.4, 0.5) is 5.69 Å². The molecule has 1 saturated heterocycles. The quantitative estimate of drug-likeness (QED) is 0.622. The molecule has 1 heterocycles. The first-order valence-corrected chi connectivity index (χ1v) is 6.06. The monoisotopic (exact) mass is 233 g/mol. The summed E-state index contributed by atoms with van der Waals surface area (Å²) in [5.74, 6) is 0.592. The minimum absolute atomic E-state index is 0.592. The Balaban J connectivity index is 2.16. The van der Waals surface area contributed by atoms with E-state index in [2.05, 4.69) is 22.9 Å². The summed E-state index contributed by atoms with van der Waals surface area (Å²) in [6, 6.07) is 8.12. The summed E-state index contributed by atoms with van der Waals surface area (Å²) in [5, 5.41) is 0. The van der Waals surface area contributed by atoms with Crippen molar-refractivity contribution in [3.63, 3.8) is 0 Å². The molecule has 2 N–H and O–H groups in total. The first kappa shape index (κ1) is 11.9. The Morgan fingerprint density at radius 1 is 1.35 bits per heavy atom. The summed E-state index contributed by atoms with van der Waals surface area (Å²) in [4.78, 5) is 6.58. The van der Waals surface area contributed by atoms with Crippen molar-refractivity contribution in [3.05, 3.63) is 29.8 Å². The van der Waals surface area contributed by atoms with E-state index in [-0.39, 0.29) is 0 Å². The van der Waals surface area contributed by atoms with Gasteiger partial charge in [0.25, 0.3) is 0 Å². The summed E-state index contributed by atoms with van der Waals surface area (Å²) in [5.41, 5.74) is 8.22. The molecule has 0 aromatic heterocycles. The number of morpholine rings is 1. The highest BCUT2D eigenvalue weighted by molar-refractivity contribution is 5.81. The van der Waals surface area contributed by atoms with Gasteiger partial charge in [0, 0.05) is 13.1 Å². The molecule has 0 bridgehead atoms. The van der Waals surface area contributed by atoms with Crippen LogP contribution in [0.1, 0.15) is 12.5 Å². The molecule has 1 aromatic carbocycles. The van der Waals surface area contributed by atoms with Gasteiger partial charge in [-0.3, -0.25) is 0 Å². The second-order valence-corrected chi connectivity index (χ2v) is 4.05. The number of hydrogen-bond acceptors (Lipinski definition) is 2. The van der Waals surface area contributed by atoms with Crippen LogP contribution in [0, 0.1) is 0 Å². The maximum absolute atomic E-state index is 6.02. The van der Waals surface area contributed by atoms with Crippen molar-refractivity contribution in [2.45, 2.75) is 13.3 Å². The molecule has 92 valence electrons. The zero-order chi connectivity index (χ0) is 12.1. The number of nitrogens with zero attached hydrogens (tertiary/aromatic N) is 2. The van der Waals surface area contributed by atoms with Crippen LogP contribution in [0.2, 0.25) is 0 Å². The predicted octanol–water partition coefficient (Wildman–Crippen LogP) is 1.53. The molecule has 1 aromatic rings. The van der Waals surface area contributed by atoms with Crippen LogP contribution >= 0.6 is 0 Å². The molecule has 0 unspecified atom stereocenters. The zero-order valence-corrected chi connectivity index (χ0v) is 10.2. The highest BCUT2D eigenvalue weighted by Crippen LogP contribution is 2.19. The van der Waals surface area contributed by atoms with Gasteiger partial charge >= 0.3 is 0 Å². The van der Waals surface area contributed by atoms with Crippen molar-refractivity contribution in [2.24, 2.45) is 10.7 Å². The SMILES string of the molecule is CCc1ccccc1N=C(N)N1CCOCC1. The average molecular weight is 233 g/mol. The van der Waals surface area contributed by atoms with E-state index in [0.29, 0.717) is 5.96 Å². The topological polar surface area (TPSA) is 50.8 Å². The van der Waals surface area contributed by atoms with Crippen LogP contribution in [-0.2, 0) is 11.2 Å². The molecule has 2 rings (SSSR count). The Labute approximate surface area is 102 Å². The lowest BCUT2D eigenvalue weighted by Crippen LogP contribution is -2.44. The molecule has 17 heavy (non-hydrogen) atoms. The van der Waals surface area contributed by atoms with Crippen molar-refractivity contribution in [2.75, 3.05) is 26.3 Å². The number of aliphatic imine (C=N–C) groups is 1. The van der Waals surface area contributed by atoms with E-state index in [1.165, 1.54) is 5.56 Å². The number of nitrogens with two attached hydrogens (primary N) is 1. The average Bonchev–Trinajstić information content (AvgIpc) is 2.40. The summed E-state index contributed by atoms with van der Waals surface area (Å²) < 4.78 is 5.29. The molecule has 1 aliphatic rings. The normalized spacial score (nSPS) is 17.2. The Hall–Kier alpha value is -1.55. The Bertz CT molecular complexity index is 397. The minimum Gasteiger partial charge on any atom is -0.378 e. The van der Waals surface area contributed by atoms with Gasteiger partial charge in [0.1, 0.15) is 0 Å². The maximum atomic E-state index is 6.02. The van der Waals surface area contributed by atoms with Crippen LogP contribution in [0.5, 0.6) is 0 Å². The molecule has 0 spiro atoms. The van der Waals surface area contributed by atoms with Crippen LogP contribution in [0.15, 0.2) is 29.3 Å². The van der Waals surface area contributed by atoms with Crippen LogP contribution in [0.3, 0.4) is 0 Å². The highest BCUT2D eigenvalue weighted by Gasteiger charge is 2.12. The van der Waals surface area contributed by atoms with Gasteiger partial charge in [-0.2, -0.15) is 0 Å². The minimum atomic E-state index is 0.592. The molecule has 0 radical (unpaired) electrons. The van der Waals surface area contributed by atoms with E-state index < -0.39 is 0 Å².